The Morgan fingerprint density at radius 2 is 1.55 bits per heavy atom. The second kappa shape index (κ2) is 10.2. The minimum atomic E-state index is -1.13. The van der Waals surface area contributed by atoms with Crippen LogP contribution in [-0.2, 0) is 14.3 Å². The Hall–Kier alpha value is -3.42. The van der Waals surface area contributed by atoms with Crippen molar-refractivity contribution in [2.24, 2.45) is 5.92 Å². The molecule has 2 aromatic rings. The zero-order chi connectivity index (χ0) is 21.4. The number of para-hydroxylation sites is 1. The van der Waals surface area contributed by atoms with Gasteiger partial charge in [-0.25, -0.2) is 14.0 Å². The Labute approximate surface area is 168 Å². The number of hydrogen-bond acceptors (Lipinski definition) is 4. The fraction of sp³-hybridized carbons (Fsp3) is 0.286. The largest absolute Gasteiger partial charge is 0.451 e. The molecule has 0 aliphatic heterocycles. The summed E-state index contributed by atoms with van der Waals surface area (Å²) in [4.78, 5) is 36.9. The number of carbonyl (C=O) groups is 3. The van der Waals surface area contributed by atoms with Crippen molar-refractivity contribution in [2.75, 3.05) is 10.6 Å². The van der Waals surface area contributed by atoms with Gasteiger partial charge in [-0.2, -0.15) is 0 Å². The van der Waals surface area contributed by atoms with Crippen LogP contribution in [0.3, 0.4) is 0 Å². The molecule has 2 atom stereocenters. The predicted octanol–water partition coefficient (Wildman–Crippen LogP) is 3.54. The maximum absolute atomic E-state index is 13.2. The number of carbonyl (C=O) groups excluding carboxylic acids is 3. The Kier molecular flexibility index (Phi) is 7.70. The van der Waals surface area contributed by atoms with Crippen LogP contribution in [0.15, 0.2) is 54.6 Å². The molecule has 0 spiro atoms. The van der Waals surface area contributed by atoms with E-state index >= 15 is 0 Å². The molecular weight excluding hydrogens is 377 g/mol. The van der Waals surface area contributed by atoms with Gasteiger partial charge in [0.25, 0.3) is 5.91 Å². The maximum Gasteiger partial charge on any atom is 0.329 e. The SMILES string of the molecule is CC(C)[C@H](NC(=O)Nc1ccccc1)C(=O)O[C@@H](C)C(=O)Nc1cccc(F)c1. The molecule has 7 nitrogen and oxygen atoms in total. The lowest BCUT2D eigenvalue weighted by Crippen LogP contribution is -2.48. The topological polar surface area (TPSA) is 96.5 Å². The molecule has 0 fully saturated rings. The van der Waals surface area contributed by atoms with Gasteiger partial charge in [-0.1, -0.05) is 38.1 Å². The van der Waals surface area contributed by atoms with Crippen molar-refractivity contribution in [1.82, 2.24) is 5.32 Å². The molecule has 0 aromatic heterocycles. The van der Waals surface area contributed by atoms with Gasteiger partial charge in [-0.15, -0.1) is 0 Å². The van der Waals surface area contributed by atoms with E-state index in [9.17, 15) is 18.8 Å². The first kappa shape index (κ1) is 21.9. The third kappa shape index (κ3) is 6.91. The molecule has 29 heavy (non-hydrogen) atoms. The highest BCUT2D eigenvalue weighted by Crippen LogP contribution is 2.12. The lowest BCUT2D eigenvalue weighted by Gasteiger charge is -2.23. The summed E-state index contributed by atoms with van der Waals surface area (Å²) in [5.74, 6) is -2.13. The fourth-order valence-electron chi connectivity index (χ4n) is 2.44. The highest BCUT2D eigenvalue weighted by molar-refractivity contribution is 5.96. The molecule has 3 N–H and O–H groups in total. The average molecular weight is 401 g/mol. The number of rotatable bonds is 7. The molecule has 8 heteroatoms. The number of benzene rings is 2. The summed E-state index contributed by atoms with van der Waals surface area (Å²) in [7, 11) is 0. The first-order valence-electron chi connectivity index (χ1n) is 9.15. The summed E-state index contributed by atoms with van der Waals surface area (Å²) in [6.45, 7) is 4.88. The molecule has 0 saturated carbocycles. The van der Waals surface area contributed by atoms with Gasteiger partial charge in [0.2, 0.25) is 0 Å². The molecule has 0 aliphatic carbocycles. The van der Waals surface area contributed by atoms with Gasteiger partial charge in [-0.05, 0) is 43.2 Å². The van der Waals surface area contributed by atoms with E-state index in [0.717, 1.165) is 6.07 Å². The number of anilines is 2. The quantitative estimate of drug-likeness (QED) is 0.618. The van der Waals surface area contributed by atoms with E-state index in [4.69, 9.17) is 4.74 Å². The molecule has 0 aliphatic rings. The fourth-order valence-corrected chi connectivity index (χ4v) is 2.44. The maximum atomic E-state index is 13.2. The molecule has 3 amide bonds. The zero-order valence-electron chi connectivity index (χ0n) is 16.4. The second-order valence-electron chi connectivity index (χ2n) is 6.76. The number of nitrogens with one attached hydrogen (secondary N) is 3. The van der Waals surface area contributed by atoms with Crippen molar-refractivity contribution in [3.8, 4) is 0 Å². The highest BCUT2D eigenvalue weighted by atomic mass is 19.1. The van der Waals surface area contributed by atoms with Crippen LogP contribution in [0.5, 0.6) is 0 Å². The number of halogens is 1. The summed E-state index contributed by atoms with van der Waals surface area (Å²) in [5, 5.41) is 7.66. The van der Waals surface area contributed by atoms with E-state index < -0.39 is 35.9 Å². The number of urea groups is 1. The van der Waals surface area contributed by atoms with Gasteiger partial charge in [0.05, 0.1) is 0 Å². The molecule has 0 bridgehead atoms. The smallest absolute Gasteiger partial charge is 0.329 e. The van der Waals surface area contributed by atoms with Gasteiger partial charge >= 0.3 is 12.0 Å². The van der Waals surface area contributed by atoms with Crippen LogP contribution in [-0.4, -0.2) is 30.1 Å². The summed E-state index contributed by atoms with van der Waals surface area (Å²) < 4.78 is 18.4. The van der Waals surface area contributed by atoms with Crippen molar-refractivity contribution in [3.05, 3.63) is 60.4 Å². The zero-order valence-corrected chi connectivity index (χ0v) is 16.4. The van der Waals surface area contributed by atoms with E-state index in [-0.39, 0.29) is 11.6 Å². The number of hydrogen-bond donors (Lipinski definition) is 3. The van der Waals surface area contributed by atoms with E-state index in [0.29, 0.717) is 5.69 Å². The first-order valence-corrected chi connectivity index (χ1v) is 9.15. The summed E-state index contributed by atoms with van der Waals surface area (Å²) in [5.41, 5.74) is 0.822. The molecular formula is C21H24FN3O4. The van der Waals surface area contributed by atoms with Gasteiger partial charge in [0, 0.05) is 11.4 Å². The minimum absolute atomic E-state index is 0.249. The van der Waals surface area contributed by atoms with Gasteiger partial charge < -0.3 is 20.7 Å². The van der Waals surface area contributed by atoms with Crippen LogP contribution < -0.4 is 16.0 Å². The number of esters is 1. The third-order valence-electron chi connectivity index (χ3n) is 3.99. The molecule has 154 valence electrons. The Bertz CT molecular complexity index is 858. The van der Waals surface area contributed by atoms with Crippen molar-refractivity contribution in [2.45, 2.75) is 32.9 Å². The monoisotopic (exact) mass is 401 g/mol. The standard InChI is InChI=1S/C21H24FN3O4/c1-13(2)18(25-21(28)24-16-9-5-4-6-10-16)20(27)29-14(3)19(26)23-17-11-7-8-15(22)12-17/h4-14,18H,1-3H3,(H,23,26)(H2,24,25,28)/t14-,18-/m0/s1. The van der Waals surface area contributed by atoms with Gasteiger partial charge in [0.15, 0.2) is 6.10 Å². The number of amides is 3. The lowest BCUT2D eigenvalue weighted by atomic mass is 10.0. The van der Waals surface area contributed by atoms with Crippen molar-refractivity contribution >= 4 is 29.3 Å². The summed E-state index contributed by atoms with van der Waals surface area (Å²) in [6, 6.07) is 12.6. The molecule has 0 unspecified atom stereocenters. The van der Waals surface area contributed by atoms with Crippen molar-refractivity contribution in [3.63, 3.8) is 0 Å². The second-order valence-corrected chi connectivity index (χ2v) is 6.76. The van der Waals surface area contributed by atoms with Gasteiger partial charge in [0.1, 0.15) is 11.9 Å². The van der Waals surface area contributed by atoms with Crippen LogP contribution in [0.2, 0.25) is 0 Å². The molecule has 0 saturated heterocycles. The van der Waals surface area contributed by atoms with Crippen LogP contribution >= 0.6 is 0 Å². The van der Waals surface area contributed by atoms with Gasteiger partial charge in [-0.3, -0.25) is 4.79 Å². The minimum Gasteiger partial charge on any atom is -0.451 e. The first-order chi connectivity index (χ1) is 13.8. The van der Waals surface area contributed by atoms with Crippen LogP contribution in [0.1, 0.15) is 20.8 Å². The Morgan fingerprint density at radius 1 is 0.897 bits per heavy atom. The van der Waals surface area contributed by atoms with E-state index in [1.165, 1.54) is 25.1 Å². The van der Waals surface area contributed by atoms with Crippen molar-refractivity contribution in [1.29, 1.82) is 0 Å². The Balaban J connectivity index is 1.93. The molecule has 0 heterocycles. The summed E-state index contributed by atoms with van der Waals surface area (Å²) >= 11 is 0. The van der Waals surface area contributed by atoms with E-state index in [1.807, 2.05) is 6.07 Å². The molecule has 2 aromatic carbocycles. The van der Waals surface area contributed by atoms with Crippen LogP contribution in [0, 0.1) is 11.7 Å². The molecule has 2 rings (SSSR count). The van der Waals surface area contributed by atoms with Crippen LogP contribution in [0.25, 0.3) is 0 Å². The van der Waals surface area contributed by atoms with Crippen LogP contribution in [0.4, 0.5) is 20.6 Å². The average Bonchev–Trinajstić information content (AvgIpc) is 2.66. The third-order valence-corrected chi connectivity index (χ3v) is 3.99. The Morgan fingerprint density at radius 3 is 2.17 bits per heavy atom. The normalized spacial score (nSPS) is 12.6. The highest BCUT2D eigenvalue weighted by Gasteiger charge is 2.29. The van der Waals surface area contributed by atoms with E-state index in [1.54, 1.807) is 38.1 Å². The van der Waals surface area contributed by atoms with E-state index in [2.05, 4.69) is 16.0 Å². The summed E-state index contributed by atoms with van der Waals surface area (Å²) in [6.07, 6.45) is -1.13. The lowest BCUT2D eigenvalue weighted by molar-refractivity contribution is -0.156. The molecule has 0 radical (unpaired) electrons. The predicted molar refractivity (Wildman–Crippen MR) is 108 cm³/mol. The number of ether oxygens (including phenoxy) is 1. The van der Waals surface area contributed by atoms with Crippen molar-refractivity contribution < 1.29 is 23.5 Å².